The number of nitrogens with one attached hydrogen (secondary N) is 1. The Morgan fingerprint density at radius 2 is 2.06 bits per heavy atom. The highest BCUT2D eigenvalue weighted by Gasteiger charge is 2.07. The summed E-state index contributed by atoms with van der Waals surface area (Å²) in [6, 6.07) is 7.55. The lowest BCUT2D eigenvalue weighted by atomic mass is 10.2. The second-order valence-electron chi connectivity index (χ2n) is 3.52. The highest BCUT2D eigenvalue weighted by atomic mass is 16.5. The van der Waals surface area contributed by atoms with E-state index in [-0.39, 0.29) is 0 Å². The van der Waals surface area contributed by atoms with Crippen LogP contribution in [-0.4, -0.2) is 23.8 Å². The summed E-state index contributed by atoms with van der Waals surface area (Å²) in [5.74, 6) is 2.00. The van der Waals surface area contributed by atoms with Crippen LogP contribution in [0.5, 0.6) is 5.75 Å². The monoisotopic (exact) mass is 233 g/mol. The quantitative estimate of drug-likeness (QED) is 0.854. The Morgan fingerprint density at radius 3 is 2.71 bits per heavy atom. The summed E-state index contributed by atoms with van der Waals surface area (Å²) in [5, 5.41) is 7.06. The third kappa shape index (κ3) is 2.82. The van der Waals surface area contributed by atoms with Gasteiger partial charge in [0.15, 0.2) is 0 Å². The van der Waals surface area contributed by atoms with Crippen LogP contribution in [0.25, 0.3) is 11.4 Å². The zero-order valence-corrected chi connectivity index (χ0v) is 9.93. The first-order chi connectivity index (χ1) is 8.33. The van der Waals surface area contributed by atoms with Crippen molar-refractivity contribution < 1.29 is 9.26 Å². The SMILES string of the molecule is CCNCc1nc(-c2ccc(OC)cc2)no1. The number of nitrogens with zero attached hydrogens (tertiary/aromatic N) is 2. The van der Waals surface area contributed by atoms with Crippen molar-refractivity contribution in [2.24, 2.45) is 0 Å². The number of ether oxygens (including phenoxy) is 1. The van der Waals surface area contributed by atoms with Gasteiger partial charge in [-0.05, 0) is 30.8 Å². The zero-order valence-electron chi connectivity index (χ0n) is 9.93. The standard InChI is InChI=1S/C12H15N3O2/c1-3-13-8-11-14-12(15-17-11)9-4-6-10(16-2)7-5-9/h4-7,13H,3,8H2,1-2H3. The molecular weight excluding hydrogens is 218 g/mol. The predicted octanol–water partition coefficient (Wildman–Crippen LogP) is 1.85. The molecule has 0 fully saturated rings. The number of hydrogen-bond acceptors (Lipinski definition) is 5. The van der Waals surface area contributed by atoms with Gasteiger partial charge in [0.1, 0.15) is 5.75 Å². The Morgan fingerprint density at radius 1 is 1.29 bits per heavy atom. The summed E-state index contributed by atoms with van der Waals surface area (Å²) < 4.78 is 10.2. The fourth-order valence-electron chi connectivity index (χ4n) is 1.42. The predicted molar refractivity (Wildman–Crippen MR) is 63.7 cm³/mol. The van der Waals surface area contributed by atoms with Crippen molar-refractivity contribution in [1.29, 1.82) is 0 Å². The number of aromatic nitrogens is 2. The molecule has 2 aromatic rings. The molecule has 0 amide bonds. The van der Waals surface area contributed by atoms with E-state index in [0.29, 0.717) is 18.3 Å². The first-order valence-electron chi connectivity index (χ1n) is 5.51. The summed E-state index contributed by atoms with van der Waals surface area (Å²) in [4.78, 5) is 4.29. The first-order valence-corrected chi connectivity index (χ1v) is 5.51. The van der Waals surface area contributed by atoms with Crippen molar-refractivity contribution >= 4 is 0 Å². The number of rotatable bonds is 5. The zero-order chi connectivity index (χ0) is 12.1. The van der Waals surface area contributed by atoms with E-state index < -0.39 is 0 Å². The van der Waals surface area contributed by atoms with Crippen molar-refractivity contribution in [1.82, 2.24) is 15.5 Å². The maximum atomic E-state index is 5.12. The number of hydrogen-bond donors (Lipinski definition) is 1. The second kappa shape index (κ2) is 5.45. The maximum absolute atomic E-state index is 5.12. The van der Waals surface area contributed by atoms with Crippen LogP contribution in [-0.2, 0) is 6.54 Å². The Kier molecular flexibility index (Phi) is 3.72. The summed E-state index contributed by atoms with van der Waals surface area (Å²) in [5.41, 5.74) is 0.914. The minimum atomic E-state index is 0.595. The Hall–Kier alpha value is -1.88. The Bertz CT molecular complexity index is 465. The van der Waals surface area contributed by atoms with Gasteiger partial charge < -0.3 is 14.6 Å². The van der Waals surface area contributed by atoms with E-state index in [2.05, 4.69) is 15.5 Å². The van der Waals surface area contributed by atoms with E-state index in [4.69, 9.17) is 9.26 Å². The molecule has 1 heterocycles. The van der Waals surface area contributed by atoms with Gasteiger partial charge in [0.05, 0.1) is 13.7 Å². The molecule has 0 aliphatic carbocycles. The van der Waals surface area contributed by atoms with Crippen LogP contribution in [0.2, 0.25) is 0 Å². The van der Waals surface area contributed by atoms with Crippen LogP contribution < -0.4 is 10.1 Å². The molecule has 17 heavy (non-hydrogen) atoms. The van der Waals surface area contributed by atoms with Gasteiger partial charge in [0.25, 0.3) is 0 Å². The molecule has 0 radical (unpaired) electrons. The smallest absolute Gasteiger partial charge is 0.240 e. The molecule has 1 aromatic heterocycles. The third-order valence-electron chi connectivity index (χ3n) is 2.34. The molecule has 1 N–H and O–H groups in total. The summed E-state index contributed by atoms with van der Waals surface area (Å²) in [7, 11) is 1.64. The molecule has 0 unspecified atom stereocenters. The number of benzene rings is 1. The van der Waals surface area contributed by atoms with Gasteiger partial charge >= 0.3 is 0 Å². The van der Waals surface area contributed by atoms with Crippen LogP contribution in [0.4, 0.5) is 0 Å². The lowest BCUT2D eigenvalue weighted by molar-refractivity contribution is 0.369. The lowest BCUT2D eigenvalue weighted by Crippen LogP contribution is -2.11. The van der Waals surface area contributed by atoms with Gasteiger partial charge in [0, 0.05) is 5.56 Å². The fourth-order valence-corrected chi connectivity index (χ4v) is 1.42. The second-order valence-corrected chi connectivity index (χ2v) is 3.52. The maximum Gasteiger partial charge on any atom is 0.240 e. The van der Waals surface area contributed by atoms with E-state index in [9.17, 15) is 0 Å². The normalized spacial score (nSPS) is 10.5. The van der Waals surface area contributed by atoms with Crippen LogP contribution in [0.3, 0.4) is 0 Å². The molecule has 0 bridgehead atoms. The summed E-state index contributed by atoms with van der Waals surface area (Å²) in [6.07, 6.45) is 0. The average molecular weight is 233 g/mol. The first kappa shape index (κ1) is 11.6. The Labute approximate surface area is 99.8 Å². The molecule has 0 saturated carbocycles. The van der Waals surface area contributed by atoms with E-state index in [1.165, 1.54) is 0 Å². The van der Waals surface area contributed by atoms with Crippen molar-refractivity contribution in [2.75, 3.05) is 13.7 Å². The van der Waals surface area contributed by atoms with E-state index in [1.807, 2.05) is 31.2 Å². The molecule has 0 saturated heterocycles. The van der Waals surface area contributed by atoms with Crippen molar-refractivity contribution in [3.63, 3.8) is 0 Å². The lowest BCUT2D eigenvalue weighted by Gasteiger charge is -1.98. The minimum Gasteiger partial charge on any atom is -0.497 e. The third-order valence-corrected chi connectivity index (χ3v) is 2.34. The molecule has 0 aliphatic heterocycles. The van der Waals surface area contributed by atoms with E-state index in [1.54, 1.807) is 7.11 Å². The molecule has 1 aromatic carbocycles. The molecule has 0 atom stereocenters. The highest BCUT2D eigenvalue weighted by Crippen LogP contribution is 2.19. The van der Waals surface area contributed by atoms with Gasteiger partial charge in [0.2, 0.25) is 11.7 Å². The number of methoxy groups -OCH3 is 1. The van der Waals surface area contributed by atoms with Crippen LogP contribution in [0.1, 0.15) is 12.8 Å². The van der Waals surface area contributed by atoms with Crippen molar-refractivity contribution in [2.45, 2.75) is 13.5 Å². The molecule has 0 aliphatic rings. The summed E-state index contributed by atoms with van der Waals surface area (Å²) >= 11 is 0. The topological polar surface area (TPSA) is 60.2 Å². The van der Waals surface area contributed by atoms with Gasteiger partial charge in [-0.2, -0.15) is 4.98 Å². The van der Waals surface area contributed by atoms with E-state index in [0.717, 1.165) is 17.9 Å². The molecular formula is C12H15N3O2. The van der Waals surface area contributed by atoms with Crippen molar-refractivity contribution in [3.05, 3.63) is 30.2 Å². The van der Waals surface area contributed by atoms with Crippen LogP contribution >= 0.6 is 0 Å². The average Bonchev–Trinajstić information content (AvgIpc) is 2.85. The largest absolute Gasteiger partial charge is 0.497 e. The van der Waals surface area contributed by atoms with Crippen molar-refractivity contribution in [3.8, 4) is 17.1 Å². The Balaban J connectivity index is 2.12. The molecule has 5 heteroatoms. The minimum absolute atomic E-state index is 0.595. The van der Waals surface area contributed by atoms with Crippen LogP contribution in [0, 0.1) is 0 Å². The molecule has 90 valence electrons. The highest BCUT2D eigenvalue weighted by molar-refractivity contribution is 5.55. The molecule has 2 rings (SSSR count). The van der Waals surface area contributed by atoms with Crippen LogP contribution in [0.15, 0.2) is 28.8 Å². The van der Waals surface area contributed by atoms with Gasteiger partial charge in [-0.3, -0.25) is 0 Å². The molecule has 5 nitrogen and oxygen atoms in total. The van der Waals surface area contributed by atoms with Gasteiger partial charge in [-0.1, -0.05) is 12.1 Å². The van der Waals surface area contributed by atoms with Gasteiger partial charge in [-0.25, -0.2) is 0 Å². The fraction of sp³-hybridized carbons (Fsp3) is 0.333. The van der Waals surface area contributed by atoms with E-state index >= 15 is 0 Å². The summed E-state index contributed by atoms with van der Waals surface area (Å²) in [6.45, 7) is 3.50. The molecule has 0 spiro atoms. The van der Waals surface area contributed by atoms with Gasteiger partial charge in [-0.15, -0.1) is 0 Å².